The topological polar surface area (TPSA) is 0 Å². The summed E-state index contributed by atoms with van der Waals surface area (Å²) >= 11 is 15.3. The molecule has 1 heterocycles. The van der Waals surface area contributed by atoms with E-state index in [9.17, 15) is 0 Å². The van der Waals surface area contributed by atoms with Gasteiger partial charge in [-0.1, -0.05) is 45.0 Å². The van der Waals surface area contributed by atoms with E-state index < -0.39 is 0 Å². The van der Waals surface area contributed by atoms with Gasteiger partial charge in [0, 0.05) is 5.56 Å². The number of hydrogen-bond donors (Lipinski definition) is 0. The first kappa shape index (κ1) is 16.5. The van der Waals surface area contributed by atoms with Gasteiger partial charge < -0.3 is 0 Å². The summed E-state index contributed by atoms with van der Waals surface area (Å²) in [7, 11) is 0. The van der Waals surface area contributed by atoms with Crippen LogP contribution in [-0.2, 0) is 5.41 Å². The van der Waals surface area contributed by atoms with Gasteiger partial charge in [-0.25, -0.2) is 0 Å². The molecule has 0 saturated heterocycles. The third kappa shape index (κ3) is 3.49. The van der Waals surface area contributed by atoms with Crippen LogP contribution >= 0.6 is 54.8 Å². The third-order valence-corrected chi connectivity index (χ3v) is 6.70. The molecule has 1 atom stereocenters. The van der Waals surface area contributed by atoms with Gasteiger partial charge in [0.15, 0.2) is 0 Å². The lowest BCUT2D eigenvalue weighted by Gasteiger charge is -2.23. The van der Waals surface area contributed by atoms with Gasteiger partial charge in [-0.15, -0.1) is 22.9 Å². The van der Waals surface area contributed by atoms with Crippen molar-refractivity contribution in [1.29, 1.82) is 0 Å². The zero-order chi connectivity index (χ0) is 14.9. The SMILES string of the molecule is CCC(C)(C)c1ccc(C(Cl)c2cc(Br)sc2Br)cc1. The molecule has 0 amide bonds. The minimum atomic E-state index is -0.120. The molecule has 0 N–H and O–H groups in total. The summed E-state index contributed by atoms with van der Waals surface area (Å²) in [6.07, 6.45) is 1.12. The molecule has 2 rings (SSSR count). The lowest BCUT2D eigenvalue weighted by atomic mass is 9.82. The second-order valence-corrected chi connectivity index (χ2v) is 9.69. The fourth-order valence-corrected chi connectivity index (χ4v) is 5.43. The summed E-state index contributed by atoms with van der Waals surface area (Å²) in [5.74, 6) is 0. The summed E-state index contributed by atoms with van der Waals surface area (Å²) in [4.78, 5) is 0. The van der Waals surface area contributed by atoms with Gasteiger partial charge in [-0.2, -0.15) is 0 Å². The van der Waals surface area contributed by atoms with Crippen molar-refractivity contribution in [3.8, 4) is 0 Å². The fraction of sp³-hybridized carbons (Fsp3) is 0.375. The molecule has 0 aliphatic carbocycles. The van der Waals surface area contributed by atoms with Crippen molar-refractivity contribution in [2.75, 3.05) is 0 Å². The van der Waals surface area contributed by atoms with Crippen LogP contribution in [0.25, 0.3) is 0 Å². The quantitative estimate of drug-likeness (QED) is 0.442. The maximum atomic E-state index is 6.61. The monoisotopic (exact) mass is 434 g/mol. The van der Waals surface area contributed by atoms with Crippen LogP contribution in [0, 0.1) is 0 Å². The lowest BCUT2D eigenvalue weighted by molar-refractivity contribution is 0.506. The molecule has 0 aliphatic rings. The van der Waals surface area contributed by atoms with E-state index in [4.69, 9.17) is 11.6 Å². The Morgan fingerprint density at radius 3 is 2.25 bits per heavy atom. The van der Waals surface area contributed by atoms with E-state index in [2.05, 4.69) is 83.0 Å². The predicted octanol–water partition coefficient (Wildman–Crippen LogP) is 7.29. The maximum absolute atomic E-state index is 6.61. The Balaban J connectivity index is 2.28. The average Bonchev–Trinajstić information content (AvgIpc) is 2.77. The van der Waals surface area contributed by atoms with Crippen molar-refractivity contribution in [1.82, 2.24) is 0 Å². The molecular weight excluding hydrogens is 420 g/mol. The summed E-state index contributed by atoms with van der Waals surface area (Å²) in [5.41, 5.74) is 3.82. The fourth-order valence-electron chi connectivity index (χ4n) is 2.01. The van der Waals surface area contributed by atoms with E-state index in [0.717, 1.165) is 25.1 Å². The Hall–Kier alpha value is 0.170. The molecule has 0 aliphatic heterocycles. The van der Waals surface area contributed by atoms with Crippen molar-refractivity contribution < 1.29 is 0 Å². The first-order valence-electron chi connectivity index (χ1n) is 6.54. The summed E-state index contributed by atoms with van der Waals surface area (Å²) < 4.78 is 2.18. The number of rotatable bonds is 4. The Morgan fingerprint density at radius 1 is 1.20 bits per heavy atom. The highest BCUT2D eigenvalue weighted by Gasteiger charge is 2.20. The second-order valence-electron chi connectivity index (χ2n) is 5.50. The molecule has 0 radical (unpaired) electrons. The molecule has 1 unspecified atom stereocenters. The van der Waals surface area contributed by atoms with Crippen LogP contribution < -0.4 is 0 Å². The summed E-state index contributed by atoms with van der Waals surface area (Å²) in [5, 5.41) is -0.120. The normalized spacial score (nSPS) is 13.5. The molecule has 1 aromatic carbocycles. The molecule has 0 spiro atoms. The number of thiophene rings is 1. The summed E-state index contributed by atoms with van der Waals surface area (Å²) in [6.45, 7) is 6.76. The van der Waals surface area contributed by atoms with Crippen LogP contribution in [-0.4, -0.2) is 0 Å². The van der Waals surface area contributed by atoms with E-state index >= 15 is 0 Å². The molecule has 108 valence electrons. The van der Waals surface area contributed by atoms with Gasteiger partial charge in [0.25, 0.3) is 0 Å². The highest BCUT2D eigenvalue weighted by atomic mass is 79.9. The number of halogens is 3. The molecule has 0 nitrogen and oxygen atoms in total. The van der Waals surface area contributed by atoms with Crippen LogP contribution in [0.5, 0.6) is 0 Å². The Morgan fingerprint density at radius 2 is 1.80 bits per heavy atom. The predicted molar refractivity (Wildman–Crippen MR) is 97.2 cm³/mol. The van der Waals surface area contributed by atoms with E-state index in [1.54, 1.807) is 11.3 Å². The van der Waals surface area contributed by atoms with Crippen molar-refractivity contribution in [3.05, 3.63) is 54.6 Å². The smallest absolute Gasteiger partial charge is 0.0854 e. The number of hydrogen-bond acceptors (Lipinski definition) is 1. The van der Waals surface area contributed by atoms with Gasteiger partial charge in [0.2, 0.25) is 0 Å². The number of alkyl halides is 1. The third-order valence-electron chi connectivity index (χ3n) is 3.82. The molecule has 1 aromatic heterocycles. The van der Waals surface area contributed by atoms with E-state index in [1.807, 2.05) is 0 Å². The minimum Gasteiger partial charge on any atom is -0.121 e. The Kier molecular flexibility index (Phi) is 5.39. The zero-order valence-corrected chi connectivity index (χ0v) is 16.5. The first-order valence-corrected chi connectivity index (χ1v) is 9.38. The highest BCUT2D eigenvalue weighted by molar-refractivity contribution is 9.12. The van der Waals surface area contributed by atoms with Crippen molar-refractivity contribution >= 4 is 54.8 Å². The first-order chi connectivity index (χ1) is 9.35. The molecule has 0 bridgehead atoms. The van der Waals surface area contributed by atoms with E-state index in [-0.39, 0.29) is 10.8 Å². The molecule has 0 fully saturated rings. The zero-order valence-electron chi connectivity index (χ0n) is 11.7. The molecule has 20 heavy (non-hydrogen) atoms. The Labute approximate surface area is 146 Å². The van der Waals surface area contributed by atoms with Crippen molar-refractivity contribution in [3.63, 3.8) is 0 Å². The van der Waals surface area contributed by atoms with Gasteiger partial charge in [0.05, 0.1) is 12.9 Å². The van der Waals surface area contributed by atoms with Crippen LogP contribution in [0.2, 0.25) is 0 Å². The van der Waals surface area contributed by atoms with Gasteiger partial charge in [0.1, 0.15) is 0 Å². The minimum absolute atomic E-state index is 0.120. The molecule has 2 aromatic rings. The summed E-state index contributed by atoms with van der Waals surface area (Å²) in [6, 6.07) is 10.8. The standard InChI is InChI=1S/C16H17Br2ClS/c1-4-16(2,3)11-7-5-10(6-8-11)14(19)12-9-13(17)20-15(12)18/h5-9,14H,4H2,1-3H3. The number of benzene rings is 1. The molecule has 4 heteroatoms. The Bertz CT molecular complexity index is 587. The molecular formula is C16H17Br2ClS. The highest BCUT2D eigenvalue weighted by Crippen LogP contribution is 2.41. The van der Waals surface area contributed by atoms with Crippen LogP contribution in [0.15, 0.2) is 37.9 Å². The van der Waals surface area contributed by atoms with Crippen molar-refractivity contribution in [2.24, 2.45) is 0 Å². The van der Waals surface area contributed by atoms with Gasteiger partial charge in [-0.3, -0.25) is 0 Å². The van der Waals surface area contributed by atoms with Gasteiger partial charge in [-0.05, 0) is 60.9 Å². The average molecular weight is 437 g/mol. The largest absolute Gasteiger partial charge is 0.121 e. The van der Waals surface area contributed by atoms with Crippen LogP contribution in [0.1, 0.15) is 49.3 Å². The van der Waals surface area contributed by atoms with Crippen molar-refractivity contribution in [2.45, 2.75) is 38.0 Å². The second kappa shape index (κ2) is 6.51. The van der Waals surface area contributed by atoms with Crippen LogP contribution in [0.3, 0.4) is 0 Å². The lowest BCUT2D eigenvalue weighted by Crippen LogP contribution is -2.15. The molecule has 0 saturated carbocycles. The van der Waals surface area contributed by atoms with E-state index in [0.29, 0.717) is 0 Å². The van der Waals surface area contributed by atoms with Gasteiger partial charge >= 0.3 is 0 Å². The van der Waals surface area contributed by atoms with E-state index in [1.165, 1.54) is 5.56 Å². The van der Waals surface area contributed by atoms with Crippen LogP contribution in [0.4, 0.5) is 0 Å². The maximum Gasteiger partial charge on any atom is 0.0854 e.